The summed E-state index contributed by atoms with van der Waals surface area (Å²) in [5, 5.41) is 0. The predicted molar refractivity (Wildman–Crippen MR) is 83.3 cm³/mol. The minimum Gasteiger partial charge on any atom is -0.342 e. The molecule has 21 heavy (non-hydrogen) atoms. The number of piperidine rings is 1. The van der Waals surface area contributed by atoms with Crippen molar-refractivity contribution in [2.45, 2.75) is 32.1 Å². The fraction of sp³-hybridized carbons (Fsp3) is 0.438. The lowest BCUT2D eigenvalue weighted by Crippen LogP contribution is -2.40. The zero-order valence-electron chi connectivity index (χ0n) is 12.2. The van der Waals surface area contributed by atoms with Gasteiger partial charge in [0, 0.05) is 40.7 Å². The second-order valence-corrected chi connectivity index (χ2v) is 6.87. The molecule has 110 valence electrons. The normalized spacial score (nSPS) is 18.7. The van der Waals surface area contributed by atoms with Crippen molar-refractivity contribution in [3.05, 3.63) is 46.2 Å². The number of hydrogen-bond donors (Lipinski definition) is 0. The number of aromatic nitrogens is 2. The van der Waals surface area contributed by atoms with Gasteiger partial charge in [-0.3, -0.25) is 4.79 Å². The van der Waals surface area contributed by atoms with E-state index >= 15 is 0 Å². The van der Waals surface area contributed by atoms with Gasteiger partial charge in [0.05, 0.1) is 6.42 Å². The quantitative estimate of drug-likeness (QED) is 0.876. The van der Waals surface area contributed by atoms with E-state index in [2.05, 4.69) is 29.0 Å². The summed E-state index contributed by atoms with van der Waals surface area (Å²) < 4.78 is 0. The first kappa shape index (κ1) is 14.2. The third-order valence-electron chi connectivity index (χ3n) is 3.92. The minimum atomic E-state index is 0.232. The number of hydrogen-bond acceptors (Lipinski definition) is 4. The van der Waals surface area contributed by atoms with Gasteiger partial charge in [0.2, 0.25) is 5.91 Å². The molecule has 0 spiro atoms. The Morgan fingerprint density at radius 3 is 3.05 bits per heavy atom. The molecule has 0 aromatic carbocycles. The number of carbonyl (C=O) groups excluding carboxylic acids is 1. The van der Waals surface area contributed by atoms with Crippen LogP contribution in [0.15, 0.2) is 30.7 Å². The lowest BCUT2D eigenvalue weighted by atomic mass is 9.94. The molecule has 1 aliphatic rings. The van der Waals surface area contributed by atoms with Crippen molar-refractivity contribution in [1.29, 1.82) is 0 Å². The van der Waals surface area contributed by atoms with Crippen molar-refractivity contribution in [1.82, 2.24) is 14.9 Å². The van der Waals surface area contributed by atoms with E-state index in [1.165, 1.54) is 4.88 Å². The predicted octanol–water partition coefficient (Wildman–Crippen LogP) is 2.80. The van der Waals surface area contributed by atoms with Gasteiger partial charge in [0.25, 0.3) is 0 Å². The van der Waals surface area contributed by atoms with Gasteiger partial charge in [0.1, 0.15) is 6.33 Å². The van der Waals surface area contributed by atoms with E-state index < -0.39 is 0 Å². The van der Waals surface area contributed by atoms with Gasteiger partial charge < -0.3 is 4.90 Å². The van der Waals surface area contributed by atoms with Crippen molar-refractivity contribution in [3.8, 4) is 0 Å². The summed E-state index contributed by atoms with van der Waals surface area (Å²) in [6.07, 6.45) is 6.03. The van der Waals surface area contributed by atoms with Gasteiger partial charge >= 0.3 is 0 Å². The molecule has 3 heterocycles. The smallest absolute Gasteiger partial charge is 0.227 e. The number of thiophene rings is 1. The minimum absolute atomic E-state index is 0.232. The Kier molecular flexibility index (Phi) is 4.29. The van der Waals surface area contributed by atoms with E-state index in [1.54, 1.807) is 23.9 Å². The van der Waals surface area contributed by atoms with Crippen LogP contribution < -0.4 is 0 Å². The van der Waals surface area contributed by atoms with Gasteiger partial charge in [0.15, 0.2) is 0 Å². The van der Waals surface area contributed by atoms with E-state index in [-0.39, 0.29) is 5.91 Å². The Hall–Kier alpha value is -1.75. The van der Waals surface area contributed by atoms with Crippen molar-refractivity contribution < 1.29 is 4.79 Å². The summed E-state index contributed by atoms with van der Waals surface area (Å²) in [6.45, 7) is 3.72. The van der Waals surface area contributed by atoms with Gasteiger partial charge in [-0.1, -0.05) is 0 Å². The Balaban J connectivity index is 1.64. The molecular formula is C16H19N3OS. The standard InChI is InChI=1S/C16H19N3OS/c1-12-4-5-14(21-12)9-16(20)19-8-2-3-13(10-19)15-6-7-17-11-18-15/h4-7,11,13H,2-3,8-10H2,1H3/t13-/m0/s1. The average Bonchev–Trinajstić information content (AvgIpc) is 2.93. The molecule has 0 aliphatic carbocycles. The highest BCUT2D eigenvalue weighted by Gasteiger charge is 2.25. The van der Waals surface area contributed by atoms with E-state index in [4.69, 9.17) is 0 Å². The summed E-state index contributed by atoms with van der Waals surface area (Å²) in [5.74, 6) is 0.575. The third kappa shape index (κ3) is 3.47. The maximum Gasteiger partial charge on any atom is 0.227 e. The summed E-state index contributed by atoms with van der Waals surface area (Å²) in [5.41, 5.74) is 1.05. The highest BCUT2D eigenvalue weighted by molar-refractivity contribution is 7.12. The maximum atomic E-state index is 12.5. The van der Waals surface area contributed by atoms with Crippen LogP contribution in [0.25, 0.3) is 0 Å². The van der Waals surface area contributed by atoms with Crippen LogP contribution in [0, 0.1) is 6.92 Å². The van der Waals surface area contributed by atoms with Crippen molar-refractivity contribution >= 4 is 17.2 Å². The average molecular weight is 301 g/mol. The van der Waals surface area contributed by atoms with E-state index in [1.807, 2.05) is 11.0 Å². The topological polar surface area (TPSA) is 46.1 Å². The Morgan fingerprint density at radius 2 is 2.33 bits per heavy atom. The van der Waals surface area contributed by atoms with Crippen molar-refractivity contribution in [2.75, 3.05) is 13.1 Å². The van der Waals surface area contributed by atoms with Gasteiger partial charge in [-0.05, 0) is 38.0 Å². The van der Waals surface area contributed by atoms with Crippen LogP contribution >= 0.6 is 11.3 Å². The van der Waals surface area contributed by atoms with Crippen LogP contribution in [0.5, 0.6) is 0 Å². The number of nitrogens with zero attached hydrogens (tertiary/aromatic N) is 3. The molecular weight excluding hydrogens is 282 g/mol. The number of rotatable bonds is 3. The zero-order chi connectivity index (χ0) is 14.7. The van der Waals surface area contributed by atoms with E-state index in [0.717, 1.165) is 36.5 Å². The van der Waals surface area contributed by atoms with Gasteiger partial charge in [-0.2, -0.15) is 0 Å². The molecule has 0 saturated carbocycles. The lowest BCUT2D eigenvalue weighted by molar-refractivity contribution is -0.131. The molecule has 2 aromatic heterocycles. The summed E-state index contributed by atoms with van der Waals surface area (Å²) in [7, 11) is 0. The molecule has 0 bridgehead atoms. The van der Waals surface area contributed by atoms with Crippen LogP contribution in [0.3, 0.4) is 0 Å². The van der Waals surface area contributed by atoms with Crippen LogP contribution in [-0.2, 0) is 11.2 Å². The van der Waals surface area contributed by atoms with Crippen LogP contribution in [0.2, 0.25) is 0 Å². The number of carbonyl (C=O) groups is 1. The summed E-state index contributed by atoms with van der Waals surface area (Å²) in [6, 6.07) is 6.10. The zero-order valence-corrected chi connectivity index (χ0v) is 13.0. The first-order valence-corrected chi connectivity index (χ1v) is 8.13. The van der Waals surface area contributed by atoms with E-state index in [0.29, 0.717) is 12.3 Å². The van der Waals surface area contributed by atoms with Gasteiger partial charge in [-0.15, -0.1) is 11.3 Å². The Bertz CT molecular complexity index is 611. The molecule has 1 amide bonds. The molecule has 2 aromatic rings. The number of aryl methyl sites for hydroxylation is 1. The SMILES string of the molecule is Cc1ccc(CC(=O)N2CCC[C@H](c3ccncn3)C2)s1. The third-order valence-corrected chi connectivity index (χ3v) is 4.92. The van der Waals surface area contributed by atoms with Crippen LogP contribution in [0.4, 0.5) is 0 Å². The first-order chi connectivity index (χ1) is 10.2. The van der Waals surface area contributed by atoms with Crippen LogP contribution in [-0.4, -0.2) is 33.9 Å². The fourth-order valence-electron chi connectivity index (χ4n) is 2.83. The molecule has 0 unspecified atom stereocenters. The highest BCUT2D eigenvalue weighted by Crippen LogP contribution is 2.26. The van der Waals surface area contributed by atoms with Crippen LogP contribution in [0.1, 0.15) is 34.2 Å². The molecule has 1 aliphatic heterocycles. The second-order valence-electron chi connectivity index (χ2n) is 5.50. The molecule has 0 radical (unpaired) electrons. The number of likely N-dealkylation sites (tertiary alicyclic amines) is 1. The van der Waals surface area contributed by atoms with Crippen molar-refractivity contribution in [2.24, 2.45) is 0 Å². The maximum absolute atomic E-state index is 12.5. The first-order valence-electron chi connectivity index (χ1n) is 7.31. The second kappa shape index (κ2) is 6.35. The molecule has 4 nitrogen and oxygen atoms in total. The fourth-order valence-corrected chi connectivity index (χ4v) is 3.71. The summed E-state index contributed by atoms with van der Waals surface area (Å²) in [4.78, 5) is 25.2. The number of amides is 1. The molecule has 3 rings (SSSR count). The Morgan fingerprint density at radius 1 is 1.43 bits per heavy atom. The molecule has 0 N–H and O–H groups in total. The molecule has 5 heteroatoms. The van der Waals surface area contributed by atoms with Gasteiger partial charge in [-0.25, -0.2) is 9.97 Å². The monoisotopic (exact) mass is 301 g/mol. The summed E-state index contributed by atoms with van der Waals surface area (Å²) >= 11 is 1.71. The highest BCUT2D eigenvalue weighted by atomic mass is 32.1. The Labute approximate surface area is 128 Å². The lowest BCUT2D eigenvalue weighted by Gasteiger charge is -2.32. The molecule has 1 fully saturated rings. The largest absolute Gasteiger partial charge is 0.342 e. The van der Waals surface area contributed by atoms with E-state index in [9.17, 15) is 4.79 Å². The molecule has 1 atom stereocenters. The van der Waals surface area contributed by atoms with Crippen molar-refractivity contribution in [3.63, 3.8) is 0 Å². The molecule has 1 saturated heterocycles.